The molecule has 0 radical (unpaired) electrons. The van der Waals surface area contributed by atoms with E-state index in [1.54, 1.807) is 22.7 Å². The van der Waals surface area contributed by atoms with E-state index in [1.165, 1.54) is 15.6 Å². The van der Waals surface area contributed by atoms with Crippen LogP contribution in [-0.4, -0.2) is 37.6 Å². The van der Waals surface area contributed by atoms with Crippen LogP contribution in [-0.2, 0) is 6.42 Å². The van der Waals surface area contributed by atoms with Gasteiger partial charge in [-0.25, -0.2) is 4.79 Å². The van der Waals surface area contributed by atoms with Crippen molar-refractivity contribution in [3.05, 3.63) is 57.6 Å². The van der Waals surface area contributed by atoms with E-state index in [4.69, 9.17) is 0 Å². The van der Waals surface area contributed by atoms with Gasteiger partial charge in [0.25, 0.3) is 0 Å². The van der Waals surface area contributed by atoms with Gasteiger partial charge in [0.15, 0.2) is 0 Å². The van der Waals surface area contributed by atoms with Crippen molar-refractivity contribution in [3.63, 3.8) is 0 Å². The molecule has 0 spiro atoms. The molecule has 138 valence electrons. The topological polar surface area (TPSA) is 44.4 Å². The average Bonchev–Trinajstić information content (AvgIpc) is 3.28. The summed E-state index contributed by atoms with van der Waals surface area (Å²) >= 11 is 3.42. The van der Waals surface area contributed by atoms with Gasteiger partial charge in [-0.3, -0.25) is 0 Å². The normalized spacial score (nSPS) is 13.7. The molecule has 3 rings (SSSR count). The predicted octanol–water partition coefficient (Wildman–Crippen LogP) is 4.50. The summed E-state index contributed by atoms with van der Waals surface area (Å²) in [5, 5.41) is 13.7. The molecule has 1 aromatic carbocycles. The van der Waals surface area contributed by atoms with Crippen molar-refractivity contribution in [2.45, 2.75) is 25.4 Å². The van der Waals surface area contributed by atoms with E-state index < -0.39 is 0 Å². The second-order valence-electron chi connectivity index (χ2n) is 6.71. The number of thiophene rings is 2. The smallest absolute Gasteiger partial charge is 0.315 e. The lowest BCUT2D eigenvalue weighted by Crippen LogP contribution is -2.45. The minimum atomic E-state index is -0.120. The van der Waals surface area contributed by atoms with Crippen molar-refractivity contribution in [1.82, 2.24) is 15.5 Å². The molecule has 0 aliphatic carbocycles. The third kappa shape index (κ3) is 4.63. The van der Waals surface area contributed by atoms with E-state index in [-0.39, 0.29) is 18.1 Å². The number of rotatable bonds is 7. The molecule has 26 heavy (non-hydrogen) atoms. The van der Waals surface area contributed by atoms with Crippen molar-refractivity contribution in [2.75, 3.05) is 20.6 Å². The first-order valence-corrected chi connectivity index (χ1v) is 10.5. The van der Waals surface area contributed by atoms with Gasteiger partial charge >= 0.3 is 6.03 Å². The fourth-order valence-electron chi connectivity index (χ4n) is 2.94. The van der Waals surface area contributed by atoms with Crippen LogP contribution in [0.2, 0.25) is 0 Å². The van der Waals surface area contributed by atoms with Crippen LogP contribution >= 0.6 is 22.7 Å². The van der Waals surface area contributed by atoms with Gasteiger partial charge in [0.05, 0.1) is 6.04 Å². The first-order valence-electron chi connectivity index (χ1n) is 8.72. The third-order valence-corrected chi connectivity index (χ3v) is 6.35. The van der Waals surface area contributed by atoms with Crippen LogP contribution in [0.25, 0.3) is 10.1 Å². The van der Waals surface area contributed by atoms with Gasteiger partial charge < -0.3 is 15.5 Å². The van der Waals surface area contributed by atoms with Gasteiger partial charge in [0.1, 0.15) is 0 Å². The Balaban J connectivity index is 1.57. The molecule has 2 amide bonds. The molecule has 0 saturated carbocycles. The lowest BCUT2D eigenvalue weighted by molar-refractivity contribution is 0.229. The summed E-state index contributed by atoms with van der Waals surface area (Å²) in [7, 11) is 4.12. The molecular formula is C20H25N3OS2. The number of carbonyl (C=O) groups excluding carboxylic acids is 1. The zero-order valence-electron chi connectivity index (χ0n) is 15.4. The summed E-state index contributed by atoms with van der Waals surface area (Å²) in [4.78, 5) is 14.4. The highest BCUT2D eigenvalue weighted by atomic mass is 32.1. The van der Waals surface area contributed by atoms with Crippen molar-refractivity contribution in [1.29, 1.82) is 0 Å². The highest BCUT2D eigenvalue weighted by molar-refractivity contribution is 7.17. The second-order valence-corrected chi connectivity index (χ2v) is 8.40. The quantitative estimate of drug-likeness (QED) is 0.627. The minimum Gasteiger partial charge on any atom is -0.337 e. The van der Waals surface area contributed by atoms with Gasteiger partial charge in [-0.2, -0.15) is 11.3 Å². The fraction of sp³-hybridized carbons (Fsp3) is 0.350. The van der Waals surface area contributed by atoms with Crippen molar-refractivity contribution < 1.29 is 4.79 Å². The molecule has 1 unspecified atom stereocenters. The van der Waals surface area contributed by atoms with Crippen LogP contribution in [0.4, 0.5) is 4.79 Å². The van der Waals surface area contributed by atoms with E-state index in [2.05, 4.69) is 64.7 Å². The monoisotopic (exact) mass is 387 g/mol. The SMILES string of the molecule is C[C@H](NC(=O)NCC(Cc1csc2ccccc12)N(C)C)c1ccsc1. The Morgan fingerprint density at radius 3 is 2.73 bits per heavy atom. The molecule has 2 N–H and O–H groups in total. The maximum atomic E-state index is 12.3. The number of nitrogens with zero attached hydrogens (tertiary/aromatic N) is 1. The maximum Gasteiger partial charge on any atom is 0.315 e. The first-order chi connectivity index (χ1) is 12.5. The van der Waals surface area contributed by atoms with Crippen LogP contribution < -0.4 is 10.6 Å². The maximum absolute atomic E-state index is 12.3. The van der Waals surface area contributed by atoms with E-state index >= 15 is 0 Å². The van der Waals surface area contributed by atoms with E-state index in [0.29, 0.717) is 6.54 Å². The van der Waals surface area contributed by atoms with E-state index in [1.807, 2.05) is 18.4 Å². The molecule has 2 aromatic heterocycles. The van der Waals surface area contributed by atoms with Gasteiger partial charge in [-0.05, 0) is 72.2 Å². The number of benzene rings is 1. The molecule has 4 nitrogen and oxygen atoms in total. The minimum absolute atomic E-state index is 0.0138. The molecule has 0 bridgehead atoms. The van der Waals surface area contributed by atoms with Gasteiger partial charge in [0, 0.05) is 17.3 Å². The molecule has 2 heterocycles. The van der Waals surface area contributed by atoms with Crippen LogP contribution in [0, 0.1) is 0 Å². The fourth-order valence-corrected chi connectivity index (χ4v) is 4.67. The lowest BCUT2D eigenvalue weighted by atomic mass is 10.0. The summed E-state index contributed by atoms with van der Waals surface area (Å²) in [5.74, 6) is 0. The highest BCUT2D eigenvalue weighted by Crippen LogP contribution is 2.27. The number of hydrogen-bond donors (Lipinski definition) is 2. The lowest BCUT2D eigenvalue weighted by Gasteiger charge is -2.25. The number of likely N-dealkylation sites (N-methyl/N-ethyl adjacent to an activating group) is 1. The number of fused-ring (bicyclic) bond motifs is 1. The molecular weight excluding hydrogens is 362 g/mol. The largest absolute Gasteiger partial charge is 0.337 e. The van der Waals surface area contributed by atoms with Crippen LogP contribution in [0.1, 0.15) is 24.1 Å². The number of carbonyl (C=O) groups is 1. The van der Waals surface area contributed by atoms with Gasteiger partial charge in [-0.15, -0.1) is 11.3 Å². The molecule has 0 aliphatic heterocycles. The van der Waals surface area contributed by atoms with Gasteiger partial charge in [-0.1, -0.05) is 18.2 Å². The Kier molecular flexibility index (Phi) is 6.29. The van der Waals surface area contributed by atoms with Crippen molar-refractivity contribution in [2.24, 2.45) is 0 Å². The summed E-state index contributed by atoms with van der Waals surface area (Å²) in [5.41, 5.74) is 2.48. The van der Waals surface area contributed by atoms with E-state index in [9.17, 15) is 4.79 Å². The zero-order chi connectivity index (χ0) is 18.5. The number of urea groups is 1. The molecule has 6 heteroatoms. The average molecular weight is 388 g/mol. The summed E-state index contributed by atoms with van der Waals surface area (Å²) in [6, 6.07) is 10.7. The summed E-state index contributed by atoms with van der Waals surface area (Å²) in [6.07, 6.45) is 0.914. The molecule has 0 aliphatic rings. The Morgan fingerprint density at radius 1 is 1.19 bits per heavy atom. The highest BCUT2D eigenvalue weighted by Gasteiger charge is 2.17. The van der Waals surface area contributed by atoms with Crippen molar-refractivity contribution >= 4 is 38.8 Å². The summed E-state index contributed by atoms with van der Waals surface area (Å²) < 4.78 is 1.32. The van der Waals surface area contributed by atoms with E-state index in [0.717, 1.165) is 12.0 Å². The predicted molar refractivity (Wildman–Crippen MR) is 112 cm³/mol. The molecule has 2 atom stereocenters. The number of nitrogens with one attached hydrogen (secondary N) is 2. The van der Waals surface area contributed by atoms with Crippen molar-refractivity contribution in [3.8, 4) is 0 Å². The first kappa shape index (κ1) is 18.9. The number of hydrogen-bond acceptors (Lipinski definition) is 4. The zero-order valence-corrected chi connectivity index (χ0v) is 17.0. The summed E-state index contributed by atoms with van der Waals surface area (Å²) in [6.45, 7) is 2.61. The Hall–Kier alpha value is -1.89. The molecule has 3 aromatic rings. The number of amides is 2. The molecule has 0 fully saturated rings. The Bertz CT molecular complexity index is 842. The van der Waals surface area contributed by atoms with Crippen LogP contribution in [0.5, 0.6) is 0 Å². The standard InChI is InChI=1S/C20H25N3OS2/c1-14(15-8-9-25-12-15)22-20(24)21-11-17(23(2)3)10-16-13-26-19-7-5-4-6-18(16)19/h4-9,12-14,17H,10-11H2,1-3H3,(H2,21,22,24)/t14-,17?/m0/s1. The third-order valence-electron chi connectivity index (χ3n) is 4.64. The second kappa shape index (κ2) is 8.66. The Labute approximate surface area is 162 Å². The Morgan fingerprint density at radius 2 is 2.00 bits per heavy atom. The van der Waals surface area contributed by atoms with Gasteiger partial charge in [0.2, 0.25) is 0 Å². The van der Waals surface area contributed by atoms with Crippen LogP contribution in [0.15, 0.2) is 46.5 Å². The van der Waals surface area contributed by atoms with Crippen LogP contribution in [0.3, 0.4) is 0 Å². The molecule has 0 saturated heterocycles.